The summed E-state index contributed by atoms with van der Waals surface area (Å²) in [5.41, 5.74) is 0. The third kappa shape index (κ3) is 4.91. The Morgan fingerprint density at radius 3 is 2.38 bits per heavy atom. The lowest BCUT2D eigenvalue weighted by Gasteiger charge is -2.22. The zero-order valence-corrected chi connectivity index (χ0v) is 10.8. The molecule has 7 heteroatoms. The molecular weight excluding hydrogens is 234 g/mol. The molecule has 0 aromatic rings. The van der Waals surface area contributed by atoms with Crippen LogP contribution >= 0.6 is 0 Å². The Bertz CT molecular complexity index is 327. The summed E-state index contributed by atoms with van der Waals surface area (Å²) in [5.74, 6) is -0.530. The summed E-state index contributed by atoms with van der Waals surface area (Å²) in [5, 5.41) is 8.29. The van der Waals surface area contributed by atoms with E-state index in [-0.39, 0.29) is 13.2 Å². The highest BCUT2D eigenvalue weighted by Gasteiger charge is 2.27. The first-order valence-corrected chi connectivity index (χ1v) is 6.76. The Labute approximate surface area is 96.1 Å². The first-order chi connectivity index (χ1) is 7.20. The third-order valence-corrected chi connectivity index (χ3v) is 3.70. The molecule has 0 rings (SSSR count). The molecule has 16 heavy (non-hydrogen) atoms. The van der Waals surface area contributed by atoms with Crippen molar-refractivity contribution in [3.8, 4) is 0 Å². The standard InChI is InChI=1S/C9H19NO5S/c1-7(16(4,13)14)9(12)10(2)5-8(11)6-15-3/h7-8,11H,5-6H2,1-4H3. The van der Waals surface area contributed by atoms with Crippen LogP contribution in [0.15, 0.2) is 0 Å². The van der Waals surface area contributed by atoms with Crippen molar-refractivity contribution in [2.45, 2.75) is 18.3 Å². The number of likely N-dealkylation sites (N-methyl/N-ethyl adjacent to an activating group) is 1. The number of nitrogens with zero attached hydrogens (tertiary/aromatic N) is 1. The van der Waals surface area contributed by atoms with E-state index < -0.39 is 27.1 Å². The number of sulfone groups is 1. The van der Waals surface area contributed by atoms with Crippen LogP contribution in [0.3, 0.4) is 0 Å². The fourth-order valence-corrected chi connectivity index (χ4v) is 1.69. The van der Waals surface area contributed by atoms with Gasteiger partial charge in [-0.2, -0.15) is 0 Å². The van der Waals surface area contributed by atoms with Gasteiger partial charge in [0.2, 0.25) is 5.91 Å². The molecule has 6 nitrogen and oxygen atoms in total. The molecule has 0 saturated carbocycles. The van der Waals surface area contributed by atoms with Gasteiger partial charge in [0.25, 0.3) is 0 Å². The number of methoxy groups -OCH3 is 1. The van der Waals surface area contributed by atoms with Crippen LogP contribution in [0, 0.1) is 0 Å². The first kappa shape index (κ1) is 15.3. The number of hydrogen-bond donors (Lipinski definition) is 1. The Balaban J connectivity index is 4.40. The molecule has 2 atom stereocenters. The summed E-state index contributed by atoms with van der Waals surface area (Å²) in [6.07, 6.45) is 0.195. The second-order valence-corrected chi connectivity index (χ2v) is 6.17. The lowest BCUT2D eigenvalue weighted by Crippen LogP contribution is -2.43. The summed E-state index contributed by atoms with van der Waals surface area (Å²) in [7, 11) is -0.517. The smallest absolute Gasteiger partial charge is 0.240 e. The van der Waals surface area contributed by atoms with Crippen LogP contribution < -0.4 is 0 Å². The van der Waals surface area contributed by atoms with Gasteiger partial charge in [0.1, 0.15) is 5.25 Å². The Kier molecular flexibility index (Phi) is 5.91. The van der Waals surface area contributed by atoms with Gasteiger partial charge < -0.3 is 14.7 Å². The van der Waals surface area contributed by atoms with Crippen LogP contribution in [0.5, 0.6) is 0 Å². The van der Waals surface area contributed by atoms with Gasteiger partial charge in [0, 0.05) is 27.0 Å². The molecule has 0 bridgehead atoms. The number of amides is 1. The van der Waals surface area contributed by atoms with Crippen LogP contribution in [0.2, 0.25) is 0 Å². The molecule has 0 fully saturated rings. The fraction of sp³-hybridized carbons (Fsp3) is 0.889. The SMILES string of the molecule is COCC(O)CN(C)C(=O)C(C)S(C)(=O)=O. The highest BCUT2D eigenvalue weighted by molar-refractivity contribution is 7.92. The normalized spacial score (nSPS) is 15.6. The average molecular weight is 253 g/mol. The predicted molar refractivity (Wildman–Crippen MR) is 59.8 cm³/mol. The zero-order valence-electron chi connectivity index (χ0n) is 10.0. The molecule has 0 spiro atoms. The van der Waals surface area contributed by atoms with E-state index >= 15 is 0 Å². The van der Waals surface area contributed by atoms with E-state index in [2.05, 4.69) is 0 Å². The summed E-state index contributed by atoms with van der Waals surface area (Å²) in [6.45, 7) is 1.48. The molecule has 0 radical (unpaired) electrons. The fourth-order valence-electron chi connectivity index (χ4n) is 1.14. The van der Waals surface area contributed by atoms with E-state index in [0.29, 0.717) is 0 Å². The maximum absolute atomic E-state index is 11.6. The van der Waals surface area contributed by atoms with Crippen molar-refractivity contribution in [3.05, 3.63) is 0 Å². The lowest BCUT2D eigenvalue weighted by molar-refractivity contribution is -0.130. The van der Waals surface area contributed by atoms with Gasteiger partial charge in [0.15, 0.2) is 9.84 Å². The molecule has 0 aliphatic rings. The quantitative estimate of drug-likeness (QED) is 0.648. The van der Waals surface area contributed by atoms with Gasteiger partial charge in [-0.15, -0.1) is 0 Å². The molecule has 0 heterocycles. The Hall–Kier alpha value is -0.660. The van der Waals surface area contributed by atoms with E-state index in [1.54, 1.807) is 0 Å². The van der Waals surface area contributed by atoms with Gasteiger partial charge in [-0.25, -0.2) is 8.42 Å². The number of rotatable bonds is 6. The molecule has 0 aromatic heterocycles. The number of carbonyl (C=O) groups is 1. The molecule has 0 saturated heterocycles. The van der Waals surface area contributed by atoms with Crippen LogP contribution in [0.4, 0.5) is 0 Å². The summed E-state index contributed by atoms with van der Waals surface area (Å²) in [4.78, 5) is 12.8. The molecule has 0 aromatic carbocycles. The first-order valence-electron chi connectivity index (χ1n) is 4.81. The van der Waals surface area contributed by atoms with Crippen molar-refractivity contribution in [1.82, 2.24) is 4.90 Å². The molecule has 1 N–H and O–H groups in total. The monoisotopic (exact) mass is 253 g/mol. The lowest BCUT2D eigenvalue weighted by atomic mass is 10.3. The summed E-state index contributed by atoms with van der Waals surface area (Å²) < 4.78 is 27.0. The van der Waals surface area contributed by atoms with Gasteiger partial charge >= 0.3 is 0 Å². The maximum atomic E-state index is 11.6. The molecule has 0 aliphatic carbocycles. The van der Waals surface area contributed by atoms with Crippen molar-refractivity contribution in [2.75, 3.05) is 33.6 Å². The van der Waals surface area contributed by atoms with Crippen LogP contribution in [-0.4, -0.2) is 69.3 Å². The van der Waals surface area contributed by atoms with Gasteiger partial charge in [-0.1, -0.05) is 0 Å². The zero-order chi connectivity index (χ0) is 12.9. The minimum Gasteiger partial charge on any atom is -0.389 e. The highest BCUT2D eigenvalue weighted by atomic mass is 32.2. The van der Waals surface area contributed by atoms with Crippen LogP contribution in [0.1, 0.15) is 6.92 Å². The van der Waals surface area contributed by atoms with E-state index in [1.165, 1.54) is 26.0 Å². The molecule has 0 aliphatic heterocycles. The van der Waals surface area contributed by atoms with Crippen molar-refractivity contribution < 1.29 is 23.1 Å². The van der Waals surface area contributed by atoms with E-state index in [1.807, 2.05) is 0 Å². The van der Waals surface area contributed by atoms with Crippen molar-refractivity contribution in [2.24, 2.45) is 0 Å². The van der Waals surface area contributed by atoms with Crippen molar-refractivity contribution >= 4 is 15.7 Å². The van der Waals surface area contributed by atoms with Crippen molar-refractivity contribution in [3.63, 3.8) is 0 Å². The second kappa shape index (κ2) is 6.17. The van der Waals surface area contributed by atoms with E-state index in [9.17, 15) is 18.3 Å². The third-order valence-electron chi connectivity index (χ3n) is 2.21. The van der Waals surface area contributed by atoms with Crippen molar-refractivity contribution in [1.29, 1.82) is 0 Å². The number of ether oxygens (including phenoxy) is 1. The minimum absolute atomic E-state index is 0.0481. The van der Waals surface area contributed by atoms with Gasteiger partial charge in [-0.05, 0) is 6.92 Å². The van der Waals surface area contributed by atoms with E-state index in [0.717, 1.165) is 6.26 Å². The van der Waals surface area contributed by atoms with Crippen LogP contribution in [0.25, 0.3) is 0 Å². The molecular formula is C9H19NO5S. The Morgan fingerprint density at radius 2 is 2.00 bits per heavy atom. The summed E-state index contributed by atoms with van der Waals surface area (Å²) >= 11 is 0. The maximum Gasteiger partial charge on any atom is 0.240 e. The van der Waals surface area contributed by atoms with Crippen LogP contribution in [-0.2, 0) is 19.4 Å². The molecule has 1 amide bonds. The number of carbonyl (C=O) groups excluding carboxylic acids is 1. The van der Waals surface area contributed by atoms with E-state index in [4.69, 9.17) is 4.74 Å². The number of aliphatic hydroxyl groups excluding tert-OH is 1. The van der Waals surface area contributed by atoms with Gasteiger partial charge in [0.05, 0.1) is 12.7 Å². The minimum atomic E-state index is -3.40. The number of hydrogen-bond acceptors (Lipinski definition) is 5. The molecule has 2 unspecified atom stereocenters. The second-order valence-electron chi connectivity index (χ2n) is 3.80. The highest BCUT2D eigenvalue weighted by Crippen LogP contribution is 2.03. The largest absolute Gasteiger partial charge is 0.389 e. The van der Waals surface area contributed by atoms with Gasteiger partial charge in [-0.3, -0.25) is 4.79 Å². The molecule has 96 valence electrons. The number of aliphatic hydroxyl groups is 1. The summed E-state index contributed by atoms with van der Waals surface area (Å²) in [6, 6.07) is 0. The Morgan fingerprint density at radius 1 is 1.50 bits per heavy atom. The topological polar surface area (TPSA) is 83.9 Å². The average Bonchev–Trinajstić information content (AvgIpc) is 2.14. The predicted octanol–water partition coefficient (Wildman–Crippen LogP) is -1.11.